The maximum atomic E-state index is 4.95. The predicted molar refractivity (Wildman–Crippen MR) is 71.8 cm³/mol. The fraction of sp³-hybridized carbons (Fsp3) is 0.385. The van der Waals surface area contributed by atoms with Gasteiger partial charge in [-0.1, -0.05) is 30.7 Å². The zero-order valence-corrected chi connectivity index (χ0v) is 11.2. The topological polar surface area (TPSA) is 44.5 Å². The maximum absolute atomic E-state index is 4.95. The Morgan fingerprint density at radius 3 is 2.71 bits per heavy atom. The van der Waals surface area contributed by atoms with Crippen LogP contribution >= 0.6 is 12.2 Å². The summed E-state index contributed by atoms with van der Waals surface area (Å²) in [6.45, 7) is 6.49. The summed E-state index contributed by atoms with van der Waals surface area (Å²) in [6, 6.07) is 6.57. The van der Waals surface area contributed by atoms with Crippen molar-refractivity contribution >= 4 is 12.2 Å². The predicted octanol–water partition coefficient (Wildman–Crippen LogP) is 3.43. The third-order valence-electron chi connectivity index (χ3n) is 3.02. The first-order chi connectivity index (χ1) is 8.06. The van der Waals surface area contributed by atoms with E-state index < -0.39 is 0 Å². The highest BCUT2D eigenvalue weighted by atomic mass is 32.1. The molecule has 1 atom stereocenters. The highest BCUT2D eigenvalue weighted by Gasteiger charge is 2.11. The third-order valence-corrected chi connectivity index (χ3v) is 3.21. The molecule has 0 radical (unpaired) electrons. The lowest BCUT2D eigenvalue weighted by Crippen LogP contribution is -2.02. The summed E-state index contributed by atoms with van der Waals surface area (Å²) in [5, 5.41) is 5.83. The Morgan fingerprint density at radius 1 is 1.29 bits per heavy atom. The van der Waals surface area contributed by atoms with E-state index in [2.05, 4.69) is 54.2 Å². The van der Waals surface area contributed by atoms with E-state index in [-0.39, 0.29) is 0 Å². The van der Waals surface area contributed by atoms with Gasteiger partial charge in [-0.3, -0.25) is 10.2 Å². The van der Waals surface area contributed by atoms with Crippen molar-refractivity contribution in [2.24, 2.45) is 0 Å². The van der Waals surface area contributed by atoms with Crippen LogP contribution in [0.1, 0.15) is 35.4 Å². The molecule has 1 unspecified atom stereocenters. The van der Waals surface area contributed by atoms with Crippen LogP contribution in [-0.4, -0.2) is 15.2 Å². The van der Waals surface area contributed by atoms with Crippen molar-refractivity contribution in [1.29, 1.82) is 0 Å². The number of aromatic amines is 2. The van der Waals surface area contributed by atoms with Gasteiger partial charge in [-0.15, -0.1) is 0 Å². The SMILES string of the molecule is Cc1ccc(C)c(C(C)Cc2nc(=S)[nH][nH]2)c1. The van der Waals surface area contributed by atoms with Gasteiger partial charge in [0.25, 0.3) is 0 Å². The largest absolute Gasteiger partial charge is 0.286 e. The number of benzene rings is 1. The van der Waals surface area contributed by atoms with Gasteiger partial charge in [-0.25, -0.2) is 4.98 Å². The van der Waals surface area contributed by atoms with Gasteiger partial charge < -0.3 is 0 Å². The molecule has 2 N–H and O–H groups in total. The minimum atomic E-state index is 0.434. The number of aromatic nitrogens is 3. The molecule has 0 bridgehead atoms. The van der Waals surface area contributed by atoms with Gasteiger partial charge in [0.05, 0.1) is 0 Å². The van der Waals surface area contributed by atoms with Gasteiger partial charge in [0, 0.05) is 6.42 Å². The molecule has 1 heterocycles. The van der Waals surface area contributed by atoms with Crippen molar-refractivity contribution in [1.82, 2.24) is 15.2 Å². The van der Waals surface area contributed by atoms with Crippen LogP contribution in [0.5, 0.6) is 0 Å². The first-order valence-electron chi connectivity index (χ1n) is 5.77. The molecule has 0 spiro atoms. The number of nitrogens with zero attached hydrogens (tertiary/aromatic N) is 1. The lowest BCUT2D eigenvalue weighted by molar-refractivity contribution is 0.715. The molecule has 2 rings (SSSR count). The first kappa shape index (κ1) is 12.0. The summed E-state index contributed by atoms with van der Waals surface area (Å²) in [6.07, 6.45) is 0.872. The van der Waals surface area contributed by atoms with Crippen molar-refractivity contribution in [3.05, 3.63) is 45.5 Å². The van der Waals surface area contributed by atoms with E-state index in [0.717, 1.165) is 12.2 Å². The van der Waals surface area contributed by atoms with Crippen molar-refractivity contribution in [2.45, 2.75) is 33.1 Å². The first-order valence-corrected chi connectivity index (χ1v) is 6.18. The lowest BCUT2D eigenvalue weighted by Gasteiger charge is -2.14. The van der Waals surface area contributed by atoms with Gasteiger partial charge >= 0.3 is 0 Å². The van der Waals surface area contributed by atoms with Gasteiger partial charge in [-0.2, -0.15) is 0 Å². The average Bonchev–Trinajstić information content (AvgIpc) is 2.67. The quantitative estimate of drug-likeness (QED) is 0.816. The summed E-state index contributed by atoms with van der Waals surface area (Å²) in [7, 11) is 0. The summed E-state index contributed by atoms with van der Waals surface area (Å²) < 4.78 is 0.521. The lowest BCUT2D eigenvalue weighted by atomic mass is 9.92. The maximum Gasteiger partial charge on any atom is 0.213 e. The van der Waals surface area contributed by atoms with Gasteiger partial charge in [0.2, 0.25) is 4.77 Å². The van der Waals surface area contributed by atoms with Crippen LogP contribution in [0.15, 0.2) is 18.2 Å². The van der Waals surface area contributed by atoms with E-state index in [1.54, 1.807) is 0 Å². The van der Waals surface area contributed by atoms with Gasteiger partial charge in [0.1, 0.15) is 5.82 Å². The Balaban J connectivity index is 2.22. The molecule has 0 amide bonds. The fourth-order valence-electron chi connectivity index (χ4n) is 2.09. The number of rotatable bonds is 3. The van der Waals surface area contributed by atoms with Crippen LogP contribution < -0.4 is 0 Å². The highest BCUT2D eigenvalue weighted by molar-refractivity contribution is 7.71. The van der Waals surface area contributed by atoms with Crippen LogP contribution in [0.4, 0.5) is 0 Å². The van der Waals surface area contributed by atoms with E-state index in [9.17, 15) is 0 Å². The summed E-state index contributed by atoms with van der Waals surface area (Å²) >= 11 is 4.95. The van der Waals surface area contributed by atoms with E-state index in [0.29, 0.717) is 10.7 Å². The molecule has 0 fully saturated rings. The molecule has 0 aliphatic rings. The Hall–Kier alpha value is -1.42. The van der Waals surface area contributed by atoms with E-state index >= 15 is 0 Å². The van der Waals surface area contributed by atoms with E-state index in [1.165, 1.54) is 16.7 Å². The van der Waals surface area contributed by atoms with E-state index in [4.69, 9.17) is 12.2 Å². The molecule has 1 aromatic carbocycles. The standard InChI is InChI=1S/C13H17N3S/c1-8-4-5-9(2)11(6-8)10(3)7-12-14-13(17)16-15-12/h4-6,10H,7H2,1-3H3,(H2,14,15,16,17). The van der Waals surface area contributed by atoms with Gasteiger partial charge in [0.15, 0.2) is 0 Å². The molecule has 1 aromatic heterocycles. The molecule has 2 aromatic rings. The molecule has 0 saturated carbocycles. The minimum absolute atomic E-state index is 0.434. The molecule has 4 heteroatoms. The normalized spacial score (nSPS) is 12.6. The van der Waals surface area contributed by atoms with Crippen molar-refractivity contribution in [3.8, 4) is 0 Å². The second kappa shape index (κ2) is 4.84. The minimum Gasteiger partial charge on any atom is -0.286 e. The van der Waals surface area contributed by atoms with Crippen LogP contribution in [0, 0.1) is 18.6 Å². The fourth-order valence-corrected chi connectivity index (χ4v) is 2.25. The smallest absolute Gasteiger partial charge is 0.213 e. The van der Waals surface area contributed by atoms with Crippen molar-refractivity contribution < 1.29 is 0 Å². The monoisotopic (exact) mass is 247 g/mol. The molecule has 0 aliphatic heterocycles. The molecule has 3 nitrogen and oxygen atoms in total. The molecular formula is C13H17N3S. The Bertz CT molecular complexity index is 568. The van der Waals surface area contributed by atoms with Crippen molar-refractivity contribution in [2.75, 3.05) is 0 Å². The van der Waals surface area contributed by atoms with Crippen LogP contribution in [0.2, 0.25) is 0 Å². The number of nitrogens with one attached hydrogen (secondary N) is 2. The molecular weight excluding hydrogens is 230 g/mol. The molecule has 90 valence electrons. The van der Waals surface area contributed by atoms with E-state index in [1.807, 2.05) is 0 Å². The summed E-state index contributed by atoms with van der Waals surface area (Å²) in [4.78, 5) is 4.23. The second-order valence-corrected chi connectivity index (χ2v) is 4.97. The number of H-pyrrole nitrogens is 2. The number of aryl methyl sites for hydroxylation is 2. The van der Waals surface area contributed by atoms with Crippen LogP contribution in [0.25, 0.3) is 0 Å². The summed E-state index contributed by atoms with van der Waals surface area (Å²) in [5.74, 6) is 1.35. The second-order valence-electron chi connectivity index (χ2n) is 4.58. The number of hydrogen-bond acceptors (Lipinski definition) is 2. The van der Waals surface area contributed by atoms with Gasteiger partial charge in [-0.05, 0) is 43.1 Å². The Labute approximate surface area is 106 Å². The number of hydrogen-bond donors (Lipinski definition) is 2. The zero-order chi connectivity index (χ0) is 12.4. The molecule has 0 saturated heterocycles. The summed E-state index contributed by atoms with van der Waals surface area (Å²) in [5.41, 5.74) is 4.01. The Morgan fingerprint density at radius 2 is 2.06 bits per heavy atom. The third kappa shape index (κ3) is 2.82. The zero-order valence-electron chi connectivity index (χ0n) is 10.4. The Kier molecular flexibility index (Phi) is 3.43. The van der Waals surface area contributed by atoms with Crippen LogP contribution in [-0.2, 0) is 6.42 Å². The highest BCUT2D eigenvalue weighted by Crippen LogP contribution is 2.23. The van der Waals surface area contributed by atoms with Crippen molar-refractivity contribution in [3.63, 3.8) is 0 Å². The average molecular weight is 247 g/mol. The molecule has 0 aliphatic carbocycles. The molecule has 17 heavy (non-hydrogen) atoms. The van der Waals surface area contributed by atoms with Crippen LogP contribution in [0.3, 0.4) is 0 Å².